The first kappa shape index (κ1) is 19.3. The molecule has 8 nitrogen and oxygen atoms in total. The highest BCUT2D eigenvalue weighted by molar-refractivity contribution is 6.00. The molecule has 4 rings (SSSR count). The Labute approximate surface area is 170 Å². The Morgan fingerprint density at radius 3 is 2.62 bits per heavy atom. The van der Waals surface area contributed by atoms with Crippen LogP contribution in [-0.2, 0) is 9.59 Å². The molecule has 1 aromatic carbocycles. The number of anilines is 2. The smallest absolute Gasteiger partial charge is 0.228 e. The predicted octanol–water partition coefficient (Wildman–Crippen LogP) is 1.74. The largest absolute Gasteiger partial charge is 0.497 e. The molecular weight excluding hydrogens is 370 g/mol. The molecule has 1 unspecified atom stereocenters. The van der Waals surface area contributed by atoms with E-state index in [-0.39, 0.29) is 24.2 Å². The Kier molecular flexibility index (Phi) is 5.17. The summed E-state index contributed by atoms with van der Waals surface area (Å²) in [5.41, 5.74) is 3.95. The van der Waals surface area contributed by atoms with Crippen molar-refractivity contribution in [1.82, 2.24) is 15.1 Å². The normalized spacial score (nSPS) is 19.8. The first-order chi connectivity index (χ1) is 14.0. The van der Waals surface area contributed by atoms with Gasteiger partial charge in [0.2, 0.25) is 11.8 Å². The Morgan fingerprint density at radius 1 is 1.21 bits per heavy atom. The van der Waals surface area contributed by atoms with Crippen LogP contribution in [0.4, 0.5) is 11.4 Å². The number of amides is 2. The number of hydrogen-bond acceptors (Lipinski definition) is 5. The Morgan fingerprint density at radius 2 is 1.97 bits per heavy atom. The average molecular weight is 397 g/mol. The molecule has 0 radical (unpaired) electrons. The third kappa shape index (κ3) is 3.66. The fraction of sp³-hybridized carbons (Fsp3) is 0.476. The third-order valence-corrected chi connectivity index (χ3v) is 5.84. The van der Waals surface area contributed by atoms with Gasteiger partial charge >= 0.3 is 0 Å². The molecule has 2 amide bonds. The monoisotopic (exact) mass is 397 g/mol. The minimum Gasteiger partial charge on any atom is -0.497 e. The van der Waals surface area contributed by atoms with E-state index in [0.29, 0.717) is 25.4 Å². The highest BCUT2D eigenvalue weighted by atomic mass is 16.5. The molecule has 29 heavy (non-hydrogen) atoms. The second-order valence-electron chi connectivity index (χ2n) is 7.70. The number of piperazine rings is 1. The van der Waals surface area contributed by atoms with Crippen LogP contribution in [0.25, 0.3) is 0 Å². The lowest BCUT2D eigenvalue weighted by Crippen LogP contribution is -2.51. The topological polar surface area (TPSA) is 81.8 Å². The summed E-state index contributed by atoms with van der Waals surface area (Å²) in [6.07, 6.45) is 0.260. The molecular formula is C21H27N5O3. The first-order valence-electron chi connectivity index (χ1n) is 9.97. The van der Waals surface area contributed by atoms with Crippen LogP contribution in [0.2, 0.25) is 0 Å². The minimum atomic E-state index is -0.294. The van der Waals surface area contributed by atoms with Crippen molar-refractivity contribution in [1.29, 1.82) is 0 Å². The highest BCUT2D eigenvalue weighted by Gasteiger charge is 2.38. The van der Waals surface area contributed by atoms with Crippen LogP contribution in [-0.4, -0.2) is 66.7 Å². The SMILES string of the molecule is COc1cccc(N2CC(C(=O)N3CCN(c4c(C)n[nH]c4C)CC3)CC2=O)c1. The van der Waals surface area contributed by atoms with Crippen molar-refractivity contribution in [2.75, 3.05) is 49.6 Å². The zero-order chi connectivity index (χ0) is 20.5. The number of ether oxygens (including phenoxy) is 1. The lowest BCUT2D eigenvalue weighted by atomic mass is 10.1. The molecule has 2 aliphatic rings. The molecule has 2 aliphatic heterocycles. The van der Waals surface area contributed by atoms with Crippen molar-refractivity contribution in [3.05, 3.63) is 35.7 Å². The van der Waals surface area contributed by atoms with Gasteiger partial charge in [0, 0.05) is 50.9 Å². The standard InChI is InChI=1S/C21H27N5O3/c1-14-20(15(2)23-22-14)24-7-9-25(10-8-24)21(28)16-11-19(27)26(13-16)17-5-4-6-18(12-17)29-3/h4-6,12,16H,7-11,13H2,1-3H3,(H,22,23). The van der Waals surface area contributed by atoms with Crippen molar-refractivity contribution in [3.8, 4) is 5.75 Å². The number of aryl methyl sites for hydroxylation is 2. The van der Waals surface area contributed by atoms with Crippen LogP contribution >= 0.6 is 0 Å². The summed E-state index contributed by atoms with van der Waals surface area (Å²) in [6.45, 7) is 7.29. The van der Waals surface area contributed by atoms with Crippen molar-refractivity contribution < 1.29 is 14.3 Å². The molecule has 1 atom stereocenters. The van der Waals surface area contributed by atoms with E-state index in [0.717, 1.165) is 35.9 Å². The van der Waals surface area contributed by atoms with Crippen LogP contribution < -0.4 is 14.5 Å². The van der Waals surface area contributed by atoms with Gasteiger partial charge in [-0.2, -0.15) is 5.10 Å². The second-order valence-corrected chi connectivity index (χ2v) is 7.70. The molecule has 0 aliphatic carbocycles. The van der Waals surface area contributed by atoms with Gasteiger partial charge in [0.15, 0.2) is 0 Å². The van der Waals surface area contributed by atoms with Crippen LogP contribution in [0.15, 0.2) is 24.3 Å². The molecule has 1 aromatic heterocycles. The van der Waals surface area contributed by atoms with Crippen LogP contribution in [0.5, 0.6) is 5.75 Å². The van der Waals surface area contributed by atoms with Gasteiger partial charge in [-0.1, -0.05) is 6.07 Å². The van der Waals surface area contributed by atoms with E-state index in [9.17, 15) is 9.59 Å². The van der Waals surface area contributed by atoms with Gasteiger partial charge in [0.1, 0.15) is 5.75 Å². The van der Waals surface area contributed by atoms with Gasteiger partial charge in [0.05, 0.1) is 30.1 Å². The zero-order valence-corrected chi connectivity index (χ0v) is 17.1. The van der Waals surface area contributed by atoms with E-state index in [1.165, 1.54) is 0 Å². The average Bonchev–Trinajstić information content (AvgIpc) is 3.29. The van der Waals surface area contributed by atoms with Crippen LogP contribution in [0, 0.1) is 19.8 Å². The maximum atomic E-state index is 13.1. The molecule has 0 spiro atoms. The van der Waals surface area contributed by atoms with Gasteiger partial charge < -0.3 is 19.4 Å². The van der Waals surface area contributed by atoms with Crippen LogP contribution in [0.3, 0.4) is 0 Å². The van der Waals surface area contributed by atoms with Crippen LogP contribution in [0.1, 0.15) is 17.8 Å². The number of nitrogens with one attached hydrogen (secondary N) is 1. The molecule has 1 N–H and O–H groups in total. The first-order valence-corrected chi connectivity index (χ1v) is 9.97. The number of rotatable bonds is 4. The second kappa shape index (κ2) is 7.77. The summed E-state index contributed by atoms with van der Waals surface area (Å²) in [7, 11) is 1.60. The molecule has 0 bridgehead atoms. The lowest BCUT2D eigenvalue weighted by molar-refractivity contribution is -0.136. The molecule has 0 saturated carbocycles. The van der Waals surface area contributed by atoms with Crippen molar-refractivity contribution in [2.45, 2.75) is 20.3 Å². The quantitative estimate of drug-likeness (QED) is 0.850. The summed E-state index contributed by atoms with van der Waals surface area (Å²) in [4.78, 5) is 31.5. The summed E-state index contributed by atoms with van der Waals surface area (Å²) in [5.74, 6) is 0.465. The Hall–Kier alpha value is -3.03. The number of carbonyl (C=O) groups is 2. The summed E-state index contributed by atoms with van der Waals surface area (Å²) in [6, 6.07) is 7.41. The fourth-order valence-electron chi connectivity index (χ4n) is 4.32. The number of hydrogen-bond donors (Lipinski definition) is 1. The maximum Gasteiger partial charge on any atom is 0.228 e. The van der Waals surface area contributed by atoms with Gasteiger partial charge in [0.25, 0.3) is 0 Å². The number of nitrogens with zero attached hydrogens (tertiary/aromatic N) is 4. The number of aromatic nitrogens is 2. The van der Waals surface area contributed by atoms with E-state index in [1.54, 1.807) is 12.0 Å². The minimum absolute atomic E-state index is 0.0140. The number of H-pyrrole nitrogens is 1. The van der Waals surface area contributed by atoms with E-state index in [2.05, 4.69) is 15.1 Å². The van der Waals surface area contributed by atoms with Crippen molar-refractivity contribution >= 4 is 23.2 Å². The lowest BCUT2D eigenvalue weighted by Gasteiger charge is -2.37. The number of carbonyl (C=O) groups excluding carboxylic acids is 2. The van der Waals surface area contributed by atoms with E-state index < -0.39 is 0 Å². The van der Waals surface area contributed by atoms with E-state index in [4.69, 9.17) is 4.74 Å². The Balaban J connectivity index is 1.39. The number of aromatic amines is 1. The fourth-order valence-corrected chi connectivity index (χ4v) is 4.32. The molecule has 2 aromatic rings. The summed E-state index contributed by atoms with van der Waals surface area (Å²) < 4.78 is 5.25. The number of benzene rings is 1. The molecule has 2 fully saturated rings. The van der Waals surface area contributed by atoms with Crippen molar-refractivity contribution in [2.24, 2.45) is 5.92 Å². The molecule has 2 saturated heterocycles. The number of methoxy groups -OCH3 is 1. The van der Waals surface area contributed by atoms with Gasteiger partial charge in [-0.05, 0) is 26.0 Å². The van der Waals surface area contributed by atoms with Gasteiger partial charge in [-0.25, -0.2) is 0 Å². The van der Waals surface area contributed by atoms with E-state index in [1.807, 2.05) is 43.0 Å². The van der Waals surface area contributed by atoms with Gasteiger partial charge in [-0.3, -0.25) is 14.7 Å². The maximum absolute atomic E-state index is 13.1. The zero-order valence-electron chi connectivity index (χ0n) is 17.1. The highest BCUT2D eigenvalue weighted by Crippen LogP contribution is 2.29. The molecule has 8 heteroatoms. The molecule has 3 heterocycles. The Bertz CT molecular complexity index is 897. The summed E-state index contributed by atoms with van der Waals surface area (Å²) >= 11 is 0. The van der Waals surface area contributed by atoms with Gasteiger partial charge in [-0.15, -0.1) is 0 Å². The predicted molar refractivity (Wildman–Crippen MR) is 110 cm³/mol. The van der Waals surface area contributed by atoms with Crippen molar-refractivity contribution in [3.63, 3.8) is 0 Å². The summed E-state index contributed by atoms with van der Waals surface area (Å²) in [5, 5.41) is 7.29. The third-order valence-electron chi connectivity index (χ3n) is 5.84. The van der Waals surface area contributed by atoms with E-state index >= 15 is 0 Å². The molecule has 154 valence electrons.